The molecule has 0 aromatic heterocycles. The summed E-state index contributed by atoms with van der Waals surface area (Å²) in [5.41, 5.74) is 0.853. The highest BCUT2D eigenvalue weighted by atomic mass is 19.1. The summed E-state index contributed by atoms with van der Waals surface area (Å²) in [7, 11) is 0. The van der Waals surface area contributed by atoms with Gasteiger partial charge in [0.05, 0.1) is 6.04 Å². The molecule has 0 aliphatic rings. The molecule has 0 fully saturated rings. The number of carbonyl (C=O) groups excluding carboxylic acids is 2. The zero-order valence-electron chi connectivity index (χ0n) is 15.6. The lowest BCUT2D eigenvalue weighted by molar-refractivity contribution is -0.129. The molecule has 1 atom stereocenters. The van der Waals surface area contributed by atoms with E-state index >= 15 is 0 Å². The fraction of sp³-hybridized carbons (Fsp3) is 0.130. The molecule has 3 aromatic rings. The summed E-state index contributed by atoms with van der Waals surface area (Å²) in [5, 5.41) is 2.83. The van der Waals surface area contributed by atoms with Gasteiger partial charge in [-0.05, 0) is 30.2 Å². The summed E-state index contributed by atoms with van der Waals surface area (Å²) in [6.45, 7) is 1.35. The summed E-state index contributed by atoms with van der Waals surface area (Å²) < 4.78 is 32.5. The Labute approximate surface area is 167 Å². The number of halogens is 2. The summed E-state index contributed by atoms with van der Waals surface area (Å²) in [6.07, 6.45) is -1.25. The first kappa shape index (κ1) is 20.2. The summed E-state index contributed by atoms with van der Waals surface area (Å²) in [4.78, 5) is 24.8. The molecule has 0 saturated carbocycles. The maximum atomic E-state index is 13.8. The van der Waals surface area contributed by atoms with E-state index in [1.54, 1.807) is 0 Å². The lowest BCUT2D eigenvalue weighted by Crippen LogP contribution is -2.38. The van der Waals surface area contributed by atoms with Crippen molar-refractivity contribution >= 4 is 11.9 Å². The number of rotatable bonds is 6. The first-order valence-corrected chi connectivity index (χ1v) is 9.02. The molecule has 29 heavy (non-hydrogen) atoms. The summed E-state index contributed by atoms with van der Waals surface area (Å²) >= 11 is 0. The predicted molar refractivity (Wildman–Crippen MR) is 104 cm³/mol. The SMILES string of the molecule is C[C@@H](OC(=O)c1c(F)cccc1F)C(=O)NC(c1ccccc1)c1ccccc1. The number of hydrogen-bond acceptors (Lipinski definition) is 3. The number of esters is 1. The second kappa shape index (κ2) is 9.10. The molecular formula is C23H19F2NO3. The summed E-state index contributed by atoms with van der Waals surface area (Å²) in [5.74, 6) is -3.92. The Morgan fingerprint density at radius 3 is 1.76 bits per heavy atom. The zero-order valence-corrected chi connectivity index (χ0v) is 15.6. The molecule has 3 rings (SSSR count). The predicted octanol–water partition coefficient (Wildman–Crippen LogP) is 4.42. The molecule has 6 heteroatoms. The molecule has 0 spiro atoms. The van der Waals surface area contributed by atoms with Crippen molar-refractivity contribution in [3.05, 3.63) is 107 Å². The Morgan fingerprint density at radius 2 is 1.28 bits per heavy atom. The average Bonchev–Trinajstić information content (AvgIpc) is 2.73. The van der Waals surface area contributed by atoms with Gasteiger partial charge in [0.15, 0.2) is 6.10 Å². The number of benzene rings is 3. The van der Waals surface area contributed by atoms with Crippen molar-refractivity contribution in [3.8, 4) is 0 Å². The lowest BCUT2D eigenvalue weighted by Gasteiger charge is -2.22. The van der Waals surface area contributed by atoms with Crippen LogP contribution in [0.15, 0.2) is 78.9 Å². The first-order chi connectivity index (χ1) is 14.0. The van der Waals surface area contributed by atoms with E-state index in [1.165, 1.54) is 6.92 Å². The third kappa shape index (κ3) is 4.85. The van der Waals surface area contributed by atoms with Gasteiger partial charge < -0.3 is 10.1 Å². The van der Waals surface area contributed by atoms with Gasteiger partial charge in [-0.3, -0.25) is 4.79 Å². The Balaban J connectivity index is 1.77. The zero-order chi connectivity index (χ0) is 20.8. The molecule has 0 aliphatic heterocycles. The fourth-order valence-electron chi connectivity index (χ4n) is 2.88. The number of carbonyl (C=O) groups is 2. The van der Waals surface area contributed by atoms with Crippen molar-refractivity contribution in [2.24, 2.45) is 0 Å². The van der Waals surface area contributed by atoms with Crippen LogP contribution < -0.4 is 5.32 Å². The third-order valence-corrected chi connectivity index (χ3v) is 4.37. The number of ether oxygens (including phenoxy) is 1. The van der Waals surface area contributed by atoms with Gasteiger partial charge in [0.25, 0.3) is 5.91 Å². The van der Waals surface area contributed by atoms with E-state index in [0.29, 0.717) is 0 Å². The van der Waals surface area contributed by atoms with Crippen LogP contribution in [0.2, 0.25) is 0 Å². The maximum absolute atomic E-state index is 13.8. The average molecular weight is 395 g/mol. The van der Waals surface area contributed by atoms with Crippen LogP contribution in [0.25, 0.3) is 0 Å². The minimum Gasteiger partial charge on any atom is -0.449 e. The minimum absolute atomic E-state index is 0.476. The van der Waals surface area contributed by atoms with Gasteiger partial charge in [0.1, 0.15) is 17.2 Å². The van der Waals surface area contributed by atoms with Gasteiger partial charge in [0, 0.05) is 0 Å². The van der Waals surface area contributed by atoms with E-state index < -0.39 is 41.2 Å². The van der Waals surface area contributed by atoms with E-state index in [0.717, 1.165) is 29.3 Å². The first-order valence-electron chi connectivity index (χ1n) is 9.02. The van der Waals surface area contributed by atoms with Gasteiger partial charge in [0.2, 0.25) is 0 Å². The van der Waals surface area contributed by atoms with Crippen molar-refractivity contribution in [1.29, 1.82) is 0 Å². The van der Waals surface area contributed by atoms with Crippen molar-refractivity contribution in [3.63, 3.8) is 0 Å². The smallest absolute Gasteiger partial charge is 0.344 e. The molecule has 3 aromatic carbocycles. The van der Waals surface area contributed by atoms with Crippen LogP contribution in [-0.4, -0.2) is 18.0 Å². The molecule has 148 valence electrons. The fourth-order valence-corrected chi connectivity index (χ4v) is 2.88. The second-order valence-corrected chi connectivity index (χ2v) is 6.41. The van der Waals surface area contributed by atoms with Gasteiger partial charge in [-0.2, -0.15) is 0 Å². The highest BCUT2D eigenvalue weighted by Crippen LogP contribution is 2.22. The lowest BCUT2D eigenvalue weighted by atomic mass is 9.98. The molecule has 4 nitrogen and oxygen atoms in total. The minimum atomic E-state index is -1.25. The van der Waals surface area contributed by atoms with Gasteiger partial charge in [-0.1, -0.05) is 66.7 Å². The summed E-state index contributed by atoms with van der Waals surface area (Å²) in [6, 6.07) is 21.1. The van der Waals surface area contributed by atoms with Crippen LogP contribution in [0.5, 0.6) is 0 Å². The number of amides is 1. The number of nitrogens with one attached hydrogen (secondary N) is 1. The largest absolute Gasteiger partial charge is 0.449 e. The van der Waals surface area contributed by atoms with E-state index in [9.17, 15) is 18.4 Å². The molecule has 0 heterocycles. The Hall–Kier alpha value is -3.54. The Bertz CT molecular complexity index is 934. The molecule has 0 saturated heterocycles. The van der Waals surface area contributed by atoms with Crippen molar-refractivity contribution in [2.45, 2.75) is 19.1 Å². The standard InChI is InChI=1S/C23H19F2NO3/c1-15(29-23(28)20-18(24)13-8-14-19(20)25)22(27)26-21(16-9-4-2-5-10-16)17-11-6-3-7-12-17/h2-15,21H,1H3,(H,26,27)/t15-/m1/s1. The van der Waals surface area contributed by atoms with Crippen LogP contribution in [0.3, 0.4) is 0 Å². The van der Waals surface area contributed by atoms with E-state index in [1.807, 2.05) is 60.7 Å². The quantitative estimate of drug-likeness (QED) is 0.629. The van der Waals surface area contributed by atoms with Crippen LogP contribution >= 0.6 is 0 Å². The van der Waals surface area contributed by atoms with E-state index in [4.69, 9.17) is 4.74 Å². The molecule has 1 N–H and O–H groups in total. The normalized spacial score (nSPS) is 11.7. The molecule has 1 amide bonds. The molecule has 0 unspecified atom stereocenters. The Kier molecular flexibility index (Phi) is 6.34. The molecular weight excluding hydrogens is 376 g/mol. The van der Waals surface area contributed by atoms with Crippen molar-refractivity contribution < 1.29 is 23.1 Å². The number of hydrogen-bond donors (Lipinski definition) is 1. The highest BCUT2D eigenvalue weighted by molar-refractivity contribution is 5.92. The molecule has 0 bridgehead atoms. The maximum Gasteiger partial charge on any atom is 0.344 e. The Morgan fingerprint density at radius 1 is 0.793 bits per heavy atom. The van der Waals surface area contributed by atoms with Gasteiger partial charge >= 0.3 is 5.97 Å². The van der Waals surface area contributed by atoms with Crippen LogP contribution in [0.4, 0.5) is 8.78 Å². The van der Waals surface area contributed by atoms with Crippen molar-refractivity contribution in [2.75, 3.05) is 0 Å². The van der Waals surface area contributed by atoms with E-state index in [2.05, 4.69) is 5.32 Å². The van der Waals surface area contributed by atoms with Crippen LogP contribution in [0.1, 0.15) is 34.5 Å². The van der Waals surface area contributed by atoms with Crippen LogP contribution in [0, 0.1) is 11.6 Å². The van der Waals surface area contributed by atoms with Gasteiger partial charge in [-0.25, -0.2) is 13.6 Å². The van der Waals surface area contributed by atoms with Gasteiger partial charge in [-0.15, -0.1) is 0 Å². The van der Waals surface area contributed by atoms with Crippen molar-refractivity contribution in [1.82, 2.24) is 5.32 Å². The monoisotopic (exact) mass is 395 g/mol. The molecule has 0 aliphatic carbocycles. The highest BCUT2D eigenvalue weighted by Gasteiger charge is 2.26. The third-order valence-electron chi connectivity index (χ3n) is 4.37. The van der Waals surface area contributed by atoms with E-state index in [-0.39, 0.29) is 0 Å². The topological polar surface area (TPSA) is 55.4 Å². The molecule has 0 radical (unpaired) electrons. The second-order valence-electron chi connectivity index (χ2n) is 6.41. The van der Waals surface area contributed by atoms with Crippen LogP contribution in [-0.2, 0) is 9.53 Å².